The van der Waals surface area contributed by atoms with Crippen LogP contribution in [0.4, 0.5) is 4.79 Å². The predicted octanol–water partition coefficient (Wildman–Crippen LogP) is 2.14. The van der Waals surface area contributed by atoms with E-state index >= 15 is 0 Å². The van der Waals surface area contributed by atoms with Crippen LogP contribution in [0.15, 0.2) is 30.5 Å². The van der Waals surface area contributed by atoms with Crippen molar-refractivity contribution in [2.24, 2.45) is 5.92 Å². The highest BCUT2D eigenvalue weighted by molar-refractivity contribution is 5.85. The average Bonchev–Trinajstić information content (AvgIpc) is 2.58. The molecule has 1 aromatic carbocycles. The van der Waals surface area contributed by atoms with E-state index in [4.69, 9.17) is 14.2 Å². The van der Waals surface area contributed by atoms with Gasteiger partial charge in [0, 0.05) is 11.3 Å². The van der Waals surface area contributed by atoms with Gasteiger partial charge in [-0.15, -0.1) is 0 Å². The van der Waals surface area contributed by atoms with Gasteiger partial charge in [-0.3, -0.25) is 4.79 Å². The first kappa shape index (κ1) is 17.7. The van der Waals surface area contributed by atoms with Gasteiger partial charge in [-0.25, -0.2) is 4.79 Å². The van der Waals surface area contributed by atoms with Crippen molar-refractivity contribution in [1.82, 2.24) is 10.6 Å². The van der Waals surface area contributed by atoms with Crippen LogP contribution in [0.5, 0.6) is 11.5 Å². The Kier molecular flexibility index (Phi) is 5.68. The SMILES string of the molecule is C=C1NC(=O)N[C@H](c2cc(OC)ccc2OC)[C@H]1C(=O)OCCC. The third-order valence-corrected chi connectivity index (χ3v) is 3.74. The van der Waals surface area contributed by atoms with Crippen LogP contribution in [0, 0.1) is 5.92 Å². The molecule has 2 N–H and O–H groups in total. The summed E-state index contributed by atoms with van der Waals surface area (Å²) in [7, 11) is 3.06. The Labute approximate surface area is 141 Å². The third kappa shape index (κ3) is 3.61. The lowest BCUT2D eigenvalue weighted by atomic mass is 9.88. The maximum absolute atomic E-state index is 12.5. The van der Waals surface area contributed by atoms with Crippen molar-refractivity contribution in [3.8, 4) is 11.5 Å². The van der Waals surface area contributed by atoms with Crippen molar-refractivity contribution in [2.75, 3.05) is 20.8 Å². The lowest BCUT2D eigenvalue weighted by molar-refractivity contribution is -0.148. The molecule has 0 bridgehead atoms. The average molecular weight is 334 g/mol. The molecule has 0 spiro atoms. The van der Waals surface area contributed by atoms with Gasteiger partial charge in [-0.05, 0) is 24.6 Å². The van der Waals surface area contributed by atoms with Crippen LogP contribution >= 0.6 is 0 Å². The van der Waals surface area contributed by atoms with Crippen molar-refractivity contribution in [3.63, 3.8) is 0 Å². The predicted molar refractivity (Wildman–Crippen MR) is 87.8 cm³/mol. The number of hydrogen-bond acceptors (Lipinski definition) is 5. The third-order valence-electron chi connectivity index (χ3n) is 3.74. The fourth-order valence-electron chi connectivity index (χ4n) is 2.60. The van der Waals surface area contributed by atoms with Crippen molar-refractivity contribution in [2.45, 2.75) is 19.4 Å². The number of carbonyl (C=O) groups excluding carboxylic acids is 2. The molecular weight excluding hydrogens is 312 g/mol. The topological polar surface area (TPSA) is 85.9 Å². The maximum atomic E-state index is 12.5. The molecule has 1 saturated heterocycles. The van der Waals surface area contributed by atoms with E-state index in [0.717, 1.165) is 0 Å². The van der Waals surface area contributed by atoms with Gasteiger partial charge < -0.3 is 24.8 Å². The number of carbonyl (C=O) groups is 2. The van der Waals surface area contributed by atoms with E-state index in [1.807, 2.05) is 6.92 Å². The Balaban J connectivity index is 2.44. The molecule has 0 aromatic heterocycles. The minimum Gasteiger partial charge on any atom is -0.497 e. The summed E-state index contributed by atoms with van der Waals surface area (Å²) < 4.78 is 15.9. The van der Waals surface area contributed by atoms with Crippen LogP contribution in [0.3, 0.4) is 0 Å². The first-order valence-corrected chi connectivity index (χ1v) is 7.66. The van der Waals surface area contributed by atoms with Crippen LogP contribution in [0.25, 0.3) is 0 Å². The van der Waals surface area contributed by atoms with E-state index in [2.05, 4.69) is 17.2 Å². The minimum atomic E-state index is -0.768. The molecule has 0 radical (unpaired) electrons. The summed E-state index contributed by atoms with van der Waals surface area (Å²) in [6.07, 6.45) is 0.706. The standard InChI is InChI=1S/C17H22N2O5/c1-5-8-24-16(20)14-10(2)18-17(21)19-15(14)12-9-11(22-3)6-7-13(12)23-4/h6-7,9,14-15H,2,5,8H2,1,3-4H3,(H2,18,19,21)/t14-,15+/m0/s1. The van der Waals surface area contributed by atoms with E-state index in [1.54, 1.807) is 25.3 Å². The molecule has 0 aliphatic carbocycles. The maximum Gasteiger partial charge on any atom is 0.319 e. The summed E-state index contributed by atoms with van der Waals surface area (Å²) in [6, 6.07) is 4.09. The number of amides is 2. The molecule has 7 heteroatoms. The van der Waals surface area contributed by atoms with Crippen LogP contribution in [0.1, 0.15) is 24.9 Å². The van der Waals surface area contributed by atoms with Crippen molar-refractivity contribution in [3.05, 3.63) is 36.0 Å². The number of rotatable bonds is 6. The van der Waals surface area contributed by atoms with Crippen molar-refractivity contribution >= 4 is 12.0 Å². The fourth-order valence-corrected chi connectivity index (χ4v) is 2.60. The number of urea groups is 1. The number of nitrogens with one attached hydrogen (secondary N) is 2. The molecule has 2 atom stereocenters. The molecule has 2 rings (SSSR count). The number of esters is 1. The lowest BCUT2D eigenvalue weighted by Gasteiger charge is -2.34. The van der Waals surface area contributed by atoms with Gasteiger partial charge in [-0.1, -0.05) is 13.5 Å². The quantitative estimate of drug-likeness (QED) is 0.779. The van der Waals surface area contributed by atoms with Crippen molar-refractivity contribution in [1.29, 1.82) is 0 Å². The smallest absolute Gasteiger partial charge is 0.319 e. The summed E-state index contributed by atoms with van der Waals surface area (Å²) in [4.78, 5) is 24.4. The van der Waals surface area contributed by atoms with E-state index in [9.17, 15) is 9.59 Å². The largest absolute Gasteiger partial charge is 0.497 e. The molecule has 1 aliphatic rings. The van der Waals surface area contributed by atoms with Crippen LogP contribution in [0.2, 0.25) is 0 Å². The fraction of sp³-hybridized carbons (Fsp3) is 0.412. The lowest BCUT2D eigenvalue weighted by Crippen LogP contribution is -2.51. The van der Waals surface area contributed by atoms with Crippen molar-refractivity contribution < 1.29 is 23.8 Å². The van der Waals surface area contributed by atoms with Gasteiger partial charge in [0.25, 0.3) is 0 Å². The van der Waals surface area contributed by atoms with E-state index in [0.29, 0.717) is 30.1 Å². The molecular formula is C17H22N2O5. The molecule has 1 aromatic rings. The molecule has 2 amide bonds. The summed E-state index contributed by atoms with van der Waals surface area (Å²) >= 11 is 0. The molecule has 130 valence electrons. The van der Waals surface area contributed by atoms with Gasteiger partial charge in [0.1, 0.15) is 17.4 Å². The summed E-state index contributed by atoms with van der Waals surface area (Å²) in [5.41, 5.74) is 0.904. The summed E-state index contributed by atoms with van der Waals surface area (Å²) in [5.74, 6) is -0.103. The molecule has 1 heterocycles. The van der Waals surface area contributed by atoms with Crippen LogP contribution in [-0.2, 0) is 9.53 Å². The van der Waals surface area contributed by atoms with Gasteiger partial charge in [0.15, 0.2) is 0 Å². The first-order chi connectivity index (χ1) is 11.5. The second-order valence-corrected chi connectivity index (χ2v) is 5.35. The second kappa shape index (κ2) is 7.72. The molecule has 1 fully saturated rings. The van der Waals surface area contributed by atoms with E-state index in [-0.39, 0.29) is 5.70 Å². The van der Waals surface area contributed by atoms with Gasteiger partial charge in [0.05, 0.1) is 26.9 Å². The highest BCUT2D eigenvalue weighted by Crippen LogP contribution is 2.37. The number of ether oxygens (including phenoxy) is 3. The zero-order valence-electron chi connectivity index (χ0n) is 14.0. The Hall–Kier alpha value is -2.70. The van der Waals surface area contributed by atoms with E-state index < -0.39 is 24.0 Å². The number of methoxy groups -OCH3 is 2. The van der Waals surface area contributed by atoms with Gasteiger partial charge >= 0.3 is 12.0 Å². The van der Waals surface area contributed by atoms with E-state index in [1.165, 1.54) is 7.11 Å². The van der Waals surface area contributed by atoms with Crippen LogP contribution in [-0.4, -0.2) is 32.8 Å². The Bertz CT molecular complexity index is 644. The zero-order chi connectivity index (χ0) is 17.7. The molecule has 1 aliphatic heterocycles. The Morgan fingerprint density at radius 1 is 1.29 bits per heavy atom. The Morgan fingerprint density at radius 2 is 2.04 bits per heavy atom. The van der Waals surface area contributed by atoms with Crippen LogP contribution < -0.4 is 20.1 Å². The number of hydrogen-bond donors (Lipinski definition) is 2. The zero-order valence-corrected chi connectivity index (χ0v) is 14.0. The van der Waals surface area contributed by atoms with Gasteiger partial charge in [0.2, 0.25) is 0 Å². The van der Waals surface area contributed by atoms with Gasteiger partial charge in [-0.2, -0.15) is 0 Å². The first-order valence-electron chi connectivity index (χ1n) is 7.66. The Morgan fingerprint density at radius 3 is 2.67 bits per heavy atom. The molecule has 24 heavy (non-hydrogen) atoms. The normalized spacial score (nSPS) is 20.0. The molecule has 0 saturated carbocycles. The summed E-state index contributed by atoms with van der Waals surface area (Å²) in [6.45, 7) is 6.02. The second-order valence-electron chi connectivity index (χ2n) is 5.35. The number of benzene rings is 1. The molecule has 0 unspecified atom stereocenters. The minimum absolute atomic E-state index is 0.287. The highest BCUT2D eigenvalue weighted by atomic mass is 16.5. The summed E-state index contributed by atoms with van der Waals surface area (Å²) in [5, 5.41) is 5.28. The molecule has 7 nitrogen and oxygen atoms in total. The highest BCUT2D eigenvalue weighted by Gasteiger charge is 2.40. The monoisotopic (exact) mass is 334 g/mol.